The van der Waals surface area contributed by atoms with E-state index in [9.17, 15) is 0 Å². The van der Waals surface area contributed by atoms with Crippen molar-refractivity contribution in [2.24, 2.45) is 0 Å². The lowest BCUT2D eigenvalue weighted by Gasteiger charge is -2.51. The molecular weight excluding hydrogens is 494 g/mol. The highest BCUT2D eigenvalue weighted by atomic mass is 16.7. The highest BCUT2D eigenvalue weighted by Gasteiger charge is 2.47. The minimum Gasteiger partial charge on any atom is -0.375 e. The standard InChI is InChI=1S/C36H43NO3/c1-5-36(34-24-16-9-17-25-34,29-39-27-32-20-12-7-13-21-32)37(40-30(2)33-22-14-8-15-23-33)35(3,4)28-38-26-31-18-10-6-11-19-31/h6-25,30H,5,26-29H2,1-4H3. The summed E-state index contributed by atoms with van der Waals surface area (Å²) >= 11 is 0. The Kier molecular flexibility index (Phi) is 10.7. The molecule has 0 aliphatic rings. The minimum atomic E-state index is -0.557. The van der Waals surface area contributed by atoms with E-state index < -0.39 is 11.1 Å². The maximum atomic E-state index is 6.99. The topological polar surface area (TPSA) is 30.9 Å². The molecule has 0 aliphatic carbocycles. The van der Waals surface area contributed by atoms with Gasteiger partial charge in [-0.2, -0.15) is 5.06 Å². The SMILES string of the molecule is CCC(COCc1ccccc1)(c1ccccc1)N(OC(C)c1ccccc1)C(C)(C)COCc1ccccc1. The second kappa shape index (κ2) is 14.4. The van der Waals surface area contributed by atoms with Crippen LogP contribution in [0, 0.1) is 0 Å². The van der Waals surface area contributed by atoms with E-state index in [1.807, 2.05) is 42.5 Å². The number of nitrogens with zero attached hydrogens (tertiary/aromatic N) is 1. The molecule has 0 N–H and O–H groups in total. The molecule has 0 saturated carbocycles. The van der Waals surface area contributed by atoms with Gasteiger partial charge in [0.25, 0.3) is 0 Å². The van der Waals surface area contributed by atoms with Crippen molar-refractivity contribution < 1.29 is 14.3 Å². The van der Waals surface area contributed by atoms with Crippen molar-refractivity contribution in [1.29, 1.82) is 0 Å². The van der Waals surface area contributed by atoms with Crippen LogP contribution in [0.1, 0.15) is 62.5 Å². The molecule has 4 heteroatoms. The molecular formula is C36H43NO3. The van der Waals surface area contributed by atoms with Crippen LogP contribution in [0.2, 0.25) is 0 Å². The van der Waals surface area contributed by atoms with Crippen LogP contribution < -0.4 is 0 Å². The van der Waals surface area contributed by atoms with Crippen LogP contribution in [0.5, 0.6) is 0 Å². The Labute approximate surface area is 240 Å². The molecule has 210 valence electrons. The molecule has 0 spiro atoms. The molecule has 4 nitrogen and oxygen atoms in total. The Morgan fingerprint density at radius 3 is 1.57 bits per heavy atom. The summed E-state index contributed by atoms with van der Waals surface area (Å²) in [6.07, 6.45) is 0.619. The highest BCUT2D eigenvalue weighted by Crippen LogP contribution is 2.41. The first kappa shape index (κ1) is 29.7. The van der Waals surface area contributed by atoms with Crippen LogP contribution in [0.3, 0.4) is 0 Å². The number of hydrogen-bond acceptors (Lipinski definition) is 4. The molecule has 0 saturated heterocycles. The molecule has 0 aromatic heterocycles. The van der Waals surface area contributed by atoms with Gasteiger partial charge in [0.1, 0.15) is 6.10 Å². The van der Waals surface area contributed by atoms with Gasteiger partial charge < -0.3 is 9.47 Å². The fourth-order valence-corrected chi connectivity index (χ4v) is 5.19. The Balaban J connectivity index is 1.67. The van der Waals surface area contributed by atoms with Crippen molar-refractivity contribution in [3.63, 3.8) is 0 Å². The zero-order chi connectivity index (χ0) is 28.3. The second-order valence-corrected chi connectivity index (χ2v) is 11.0. The van der Waals surface area contributed by atoms with Gasteiger partial charge in [0, 0.05) is 0 Å². The number of hydrogen-bond donors (Lipinski definition) is 0. The van der Waals surface area contributed by atoms with Gasteiger partial charge >= 0.3 is 0 Å². The minimum absolute atomic E-state index is 0.168. The number of ether oxygens (including phenoxy) is 2. The quantitative estimate of drug-likeness (QED) is 0.142. The van der Waals surface area contributed by atoms with E-state index in [4.69, 9.17) is 14.3 Å². The van der Waals surface area contributed by atoms with Gasteiger partial charge in [-0.15, -0.1) is 0 Å². The van der Waals surface area contributed by atoms with E-state index in [1.165, 1.54) is 0 Å². The van der Waals surface area contributed by atoms with Crippen LogP contribution in [0.4, 0.5) is 0 Å². The predicted octanol–water partition coefficient (Wildman–Crippen LogP) is 8.50. The van der Waals surface area contributed by atoms with Crippen LogP contribution in [0.25, 0.3) is 0 Å². The first-order valence-electron chi connectivity index (χ1n) is 14.3. The van der Waals surface area contributed by atoms with Crippen molar-refractivity contribution in [3.8, 4) is 0 Å². The third kappa shape index (κ3) is 7.67. The number of benzene rings is 4. The van der Waals surface area contributed by atoms with E-state index in [-0.39, 0.29) is 6.10 Å². The average Bonchev–Trinajstić information content (AvgIpc) is 3.00. The maximum absolute atomic E-state index is 6.99. The molecule has 0 amide bonds. The largest absolute Gasteiger partial charge is 0.375 e. The predicted molar refractivity (Wildman–Crippen MR) is 162 cm³/mol. The first-order valence-corrected chi connectivity index (χ1v) is 14.3. The van der Waals surface area contributed by atoms with Crippen molar-refractivity contribution in [2.75, 3.05) is 13.2 Å². The summed E-state index contributed by atoms with van der Waals surface area (Å²) in [5, 5.41) is 2.17. The summed E-state index contributed by atoms with van der Waals surface area (Å²) in [6, 6.07) is 41.6. The number of hydroxylamine groups is 2. The summed E-state index contributed by atoms with van der Waals surface area (Å²) in [7, 11) is 0. The van der Waals surface area contributed by atoms with Crippen molar-refractivity contribution in [3.05, 3.63) is 144 Å². The molecule has 0 fully saturated rings. The lowest BCUT2D eigenvalue weighted by Crippen LogP contribution is -2.60. The lowest BCUT2D eigenvalue weighted by molar-refractivity contribution is -0.319. The third-order valence-electron chi connectivity index (χ3n) is 7.39. The van der Waals surface area contributed by atoms with Gasteiger partial charge in [0.2, 0.25) is 0 Å². The third-order valence-corrected chi connectivity index (χ3v) is 7.39. The molecule has 0 radical (unpaired) electrons. The molecule has 0 aliphatic heterocycles. The van der Waals surface area contributed by atoms with Gasteiger partial charge in [-0.05, 0) is 49.4 Å². The van der Waals surface area contributed by atoms with Crippen LogP contribution in [-0.4, -0.2) is 23.8 Å². The molecule has 4 aromatic rings. The van der Waals surface area contributed by atoms with Crippen LogP contribution in [0.15, 0.2) is 121 Å². The fraction of sp³-hybridized carbons (Fsp3) is 0.333. The Morgan fingerprint density at radius 2 is 1.07 bits per heavy atom. The van der Waals surface area contributed by atoms with Crippen molar-refractivity contribution in [1.82, 2.24) is 5.06 Å². The Bertz CT molecular complexity index is 1250. The van der Waals surface area contributed by atoms with Crippen molar-refractivity contribution >= 4 is 0 Å². The molecule has 40 heavy (non-hydrogen) atoms. The van der Waals surface area contributed by atoms with Gasteiger partial charge in [-0.25, -0.2) is 0 Å². The first-order chi connectivity index (χ1) is 19.4. The second-order valence-electron chi connectivity index (χ2n) is 11.0. The fourth-order valence-electron chi connectivity index (χ4n) is 5.19. The summed E-state index contributed by atoms with van der Waals surface area (Å²) in [5.74, 6) is 0. The van der Waals surface area contributed by atoms with Crippen molar-refractivity contribution in [2.45, 2.75) is 64.5 Å². The van der Waals surface area contributed by atoms with E-state index in [1.54, 1.807) is 0 Å². The zero-order valence-corrected chi connectivity index (χ0v) is 24.3. The summed E-state index contributed by atoms with van der Waals surface area (Å²) in [6.45, 7) is 10.7. The van der Waals surface area contributed by atoms with Crippen LogP contribution in [-0.2, 0) is 33.1 Å². The average molecular weight is 538 g/mol. The van der Waals surface area contributed by atoms with E-state index in [0.29, 0.717) is 26.4 Å². The van der Waals surface area contributed by atoms with E-state index in [0.717, 1.165) is 28.7 Å². The lowest BCUT2D eigenvalue weighted by atomic mass is 9.84. The molecule has 0 bridgehead atoms. The van der Waals surface area contributed by atoms with Gasteiger partial charge in [-0.3, -0.25) is 4.84 Å². The smallest absolute Gasteiger partial charge is 0.102 e. The van der Waals surface area contributed by atoms with Gasteiger partial charge in [0.15, 0.2) is 0 Å². The van der Waals surface area contributed by atoms with Gasteiger partial charge in [0.05, 0.1) is 37.5 Å². The molecule has 0 heterocycles. The Morgan fingerprint density at radius 1 is 0.625 bits per heavy atom. The summed E-state index contributed by atoms with van der Waals surface area (Å²) < 4.78 is 12.8. The molecule has 4 aromatic carbocycles. The summed E-state index contributed by atoms with van der Waals surface area (Å²) in [5.41, 5.74) is 3.53. The highest BCUT2D eigenvalue weighted by molar-refractivity contribution is 5.26. The van der Waals surface area contributed by atoms with Gasteiger partial charge in [-0.1, -0.05) is 128 Å². The normalized spacial score (nSPS) is 14.1. The summed E-state index contributed by atoms with van der Waals surface area (Å²) in [4.78, 5) is 6.99. The van der Waals surface area contributed by atoms with E-state index in [2.05, 4.69) is 112 Å². The molecule has 2 atom stereocenters. The van der Waals surface area contributed by atoms with Crippen LogP contribution >= 0.6 is 0 Å². The number of rotatable bonds is 15. The van der Waals surface area contributed by atoms with E-state index >= 15 is 0 Å². The zero-order valence-electron chi connectivity index (χ0n) is 24.3. The molecule has 4 rings (SSSR count). The maximum Gasteiger partial charge on any atom is 0.102 e. The monoisotopic (exact) mass is 537 g/mol. The molecule has 2 unspecified atom stereocenters. The Hall–Kier alpha value is -3.28.